The molecule has 0 saturated heterocycles. The standard InChI is InChI=1S/C38H41NO3.C31H37NO3/c40-32-17-11-3-1-2-4-12-18-36(41)31-21-24-34-35(25-31)39(26-32)38(37(34)29-15-9-6-10-16-29)30-19-22-33(23-20-30)42-27-28-13-7-5-8-14-28;33-25-17-14-23(15-18-25)31-30(22-10-6-5-7-11-22)27-19-16-24-20-28(27)32(31)21-26(34)12-8-3-1-2-4-9-13-29(24)35/h1-2,5,7-8,13-14,19-25,29H,3-4,6,9-12,15-18,26-27H2;14-20,22,33H,1-13,21H2/b2-1-;. The molecule has 0 amide bonds. The van der Waals surface area contributed by atoms with Gasteiger partial charge in [0.2, 0.25) is 0 Å². The van der Waals surface area contributed by atoms with Gasteiger partial charge in [-0.05, 0) is 165 Å². The molecule has 2 saturated carbocycles. The van der Waals surface area contributed by atoms with E-state index in [1.807, 2.05) is 60.7 Å². The summed E-state index contributed by atoms with van der Waals surface area (Å²) >= 11 is 0. The SMILES string of the molecule is O=C1CCC/C=C\CCCC(=O)c2ccc3c(C4CCCCC4)c(-c4ccc(OCc5ccccc5)cc4)n(c3c2)C1.O=C1CCCCCCCCC(=O)c2ccc3c(C4CCCCC4)c(-c4ccc(O)cc4)n(c3c2)C1. The van der Waals surface area contributed by atoms with Crippen molar-refractivity contribution in [1.29, 1.82) is 0 Å². The van der Waals surface area contributed by atoms with Crippen LogP contribution in [-0.2, 0) is 29.3 Å². The summed E-state index contributed by atoms with van der Waals surface area (Å²) in [5.74, 6) is 2.83. The Kier molecular flexibility index (Phi) is 18.1. The molecule has 2 aromatic heterocycles. The average molecular weight is 1030 g/mol. The number of hydrogen-bond donors (Lipinski definition) is 1. The maximum Gasteiger partial charge on any atom is 0.162 e. The third-order valence-electron chi connectivity index (χ3n) is 16.9. The number of phenols is 1. The van der Waals surface area contributed by atoms with E-state index in [9.17, 15) is 24.3 Å². The van der Waals surface area contributed by atoms with Gasteiger partial charge < -0.3 is 19.0 Å². The van der Waals surface area contributed by atoms with Crippen LogP contribution in [0.1, 0.15) is 203 Å². The first-order chi connectivity index (χ1) is 37.8. The van der Waals surface area contributed by atoms with Crippen molar-refractivity contribution in [1.82, 2.24) is 9.13 Å². The number of ketones is 4. The van der Waals surface area contributed by atoms with Crippen molar-refractivity contribution in [3.05, 3.63) is 155 Å². The Hall–Kier alpha value is -6.80. The molecule has 77 heavy (non-hydrogen) atoms. The zero-order valence-electron chi connectivity index (χ0n) is 45.3. The number of phenolic OH excluding ortho intramolecular Hbond substituents is 1. The number of aromatic hydroxyl groups is 1. The third kappa shape index (κ3) is 13.1. The zero-order chi connectivity index (χ0) is 52.9. The second kappa shape index (κ2) is 26.0. The minimum atomic E-state index is 0.180. The lowest BCUT2D eigenvalue weighted by Gasteiger charge is -2.24. The van der Waals surface area contributed by atoms with Crippen LogP contribution >= 0.6 is 0 Å². The molecule has 11 rings (SSSR count). The Balaban J connectivity index is 0.000000178. The van der Waals surface area contributed by atoms with E-state index in [1.165, 1.54) is 60.4 Å². The van der Waals surface area contributed by atoms with Crippen LogP contribution in [0, 0.1) is 0 Å². The van der Waals surface area contributed by atoms with Crippen molar-refractivity contribution in [2.24, 2.45) is 0 Å². The van der Waals surface area contributed by atoms with Gasteiger partial charge in [-0.25, -0.2) is 0 Å². The van der Waals surface area contributed by atoms with Gasteiger partial charge in [-0.3, -0.25) is 19.2 Å². The van der Waals surface area contributed by atoms with Gasteiger partial charge >= 0.3 is 0 Å². The predicted molar refractivity (Wildman–Crippen MR) is 311 cm³/mol. The molecular weight excluding hydrogens is 953 g/mol. The Morgan fingerprint density at radius 3 is 1.40 bits per heavy atom. The summed E-state index contributed by atoms with van der Waals surface area (Å²) in [6, 6.07) is 38.4. The minimum absolute atomic E-state index is 0.180. The molecule has 1 N–H and O–H groups in total. The van der Waals surface area contributed by atoms with E-state index in [4.69, 9.17) is 4.74 Å². The molecule has 7 aromatic rings. The van der Waals surface area contributed by atoms with Crippen molar-refractivity contribution in [3.63, 3.8) is 0 Å². The van der Waals surface area contributed by atoms with Crippen LogP contribution in [0.4, 0.5) is 0 Å². The molecule has 8 heteroatoms. The number of carbonyl (C=O) groups is 4. The summed E-state index contributed by atoms with van der Waals surface area (Å²) in [7, 11) is 0. The van der Waals surface area contributed by atoms with Gasteiger partial charge in [-0.15, -0.1) is 0 Å². The highest BCUT2D eigenvalue weighted by atomic mass is 16.5. The molecule has 400 valence electrons. The molecule has 0 spiro atoms. The number of carbonyl (C=O) groups excluding carboxylic acids is 4. The molecule has 4 heterocycles. The number of aromatic nitrogens is 2. The molecule has 0 unspecified atom stereocenters. The Labute approximate surface area is 455 Å². The van der Waals surface area contributed by atoms with Gasteiger partial charge in [0, 0.05) is 58.6 Å². The van der Waals surface area contributed by atoms with Crippen molar-refractivity contribution in [2.45, 2.75) is 186 Å². The summed E-state index contributed by atoms with van der Waals surface area (Å²) in [4.78, 5) is 52.9. The Morgan fingerprint density at radius 2 is 0.870 bits per heavy atom. The van der Waals surface area contributed by atoms with Gasteiger partial charge in [-0.1, -0.05) is 131 Å². The fourth-order valence-electron chi connectivity index (χ4n) is 12.9. The van der Waals surface area contributed by atoms with E-state index in [1.54, 1.807) is 12.1 Å². The minimum Gasteiger partial charge on any atom is -0.508 e. The fourth-order valence-corrected chi connectivity index (χ4v) is 12.9. The summed E-state index contributed by atoms with van der Waals surface area (Å²) in [6.07, 6.45) is 28.5. The smallest absolute Gasteiger partial charge is 0.162 e. The number of benzene rings is 5. The first-order valence-electron chi connectivity index (χ1n) is 29.4. The molecular formula is C69H78N2O6. The molecule has 4 aliphatic rings. The molecule has 0 radical (unpaired) electrons. The zero-order valence-corrected chi connectivity index (χ0v) is 45.3. The monoisotopic (exact) mass is 1030 g/mol. The highest BCUT2D eigenvalue weighted by Gasteiger charge is 2.30. The Morgan fingerprint density at radius 1 is 0.442 bits per heavy atom. The van der Waals surface area contributed by atoms with E-state index >= 15 is 0 Å². The van der Waals surface area contributed by atoms with Gasteiger partial charge in [0.15, 0.2) is 23.1 Å². The first-order valence-corrected chi connectivity index (χ1v) is 29.4. The highest BCUT2D eigenvalue weighted by molar-refractivity contribution is 6.03. The topological polar surface area (TPSA) is 108 Å². The summed E-state index contributed by atoms with van der Waals surface area (Å²) in [5, 5.41) is 12.3. The van der Waals surface area contributed by atoms with Crippen LogP contribution in [-0.4, -0.2) is 37.4 Å². The van der Waals surface area contributed by atoms with Crippen molar-refractivity contribution in [2.75, 3.05) is 0 Å². The maximum atomic E-state index is 13.4. The number of nitrogens with zero attached hydrogens (tertiary/aromatic N) is 2. The number of ether oxygens (including phenoxy) is 1. The number of rotatable bonds is 7. The second-order valence-electron chi connectivity index (χ2n) is 22.5. The van der Waals surface area contributed by atoms with Crippen LogP contribution in [0.25, 0.3) is 44.3 Å². The molecule has 5 aromatic carbocycles. The van der Waals surface area contributed by atoms with Crippen LogP contribution in [0.15, 0.2) is 127 Å². The van der Waals surface area contributed by atoms with Crippen molar-refractivity contribution >= 4 is 44.9 Å². The number of allylic oxidation sites excluding steroid dienone is 2. The highest BCUT2D eigenvalue weighted by Crippen LogP contribution is 2.47. The third-order valence-corrected chi connectivity index (χ3v) is 16.9. The van der Waals surface area contributed by atoms with E-state index in [0.29, 0.717) is 57.2 Å². The van der Waals surface area contributed by atoms with Crippen molar-refractivity contribution < 1.29 is 29.0 Å². The normalized spacial score (nSPS) is 18.5. The van der Waals surface area contributed by atoms with E-state index < -0.39 is 0 Å². The van der Waals surface area contributed by atoms with Gasteiger partial charge in [-0.2, -0.15) is 0 Å². The molecule has 2 fully saturated rings. The second-order valence-corrected chi connectivity index (χ2v) is 22.5. The molecule has 2 aliphatic carbocycles. The van der Waals surface area contributed by atoms with E-state index in [-0.39, 0.29) is 28.9 Å². The number of fused-ring (bicyclic) bond motifs is 2. The number of Topliss-reactive ketones (excluding diaryl/α,β-unsaturated/α-hetero) is 4. The van der Waals surface area contributed by atoms with E-state index in [2.05, 4.69) is 63.8 Å². The first kappa shape index (κ1) is 53.6. The fraction of sp³-hybridized carbons (Fsp3) is 0.420. The van der Waals surface area contributed by atoms with Gasteiger partial charge in [0.1, 0.15) is 18.1 Å². The summed E-state index contributed by atoms with van der Waals surface area (Å²) in [6.45, 7) is 1.18. The molecule has 2 aliphatic heterocycles. The van der Waals surface area contributed by atoms with Crippen LogP contribution < -0.4 is 4.74 Å². The van der Waals surface area contributed by atoms with Crippen LogP contribution in [0.3, 0.4) is 0 Å². The molecule has 4 bridgehead atoms. The molecule has 8 nitrogen and oxygen atoms in total. The summed E-state index contributed by atoms with van der Waals surface area (Å²) in [5.41, 5.74) is 11.7. The Bertz CT molecular complexity index is 3180. The lowest BCUT2D eigenvalue weighted by atomic mass is 9.81. The van der Waals surface area contributed by atoms with Gasteiger partial charge in [0.25, 0.3) is 0 Å². The van der Waals surface area contributed by atoms with Crippen LogP contribution in [0.5, 0.6) is 11.5 Å². The summed E-state index contributed by atoms with van der Waals surface area (Å²) < 4.78 is 10.5. The quantitative estimate of drug-likeness (QED) is 0.159. The lowest BCUT2D eigenvalue weighted by Crippen LogP contribution is -2.12. The lowest BCUT2D eigenvalue weighted by molar-refractivity contribution is -0.120. The largest absolute Gasteiger partial charge is 0.508 e. The molecule has 0 atom stereocenters. The van der Waals surface area contributed by atoms with Crippen molar-refractivity contribution in [3.8, 4) is 34.0 Å². The van der Waals surface area contributed by atoms with Crippen LogP contribution in [0.2, 0.25) is 0 Å². The predicted octanol–water partition coefficient (Wildman–Crippen LogP) is 17.5. The average Bonchev–Trinajstić information content (AvgIpc) is 4.15. The van der Waals surface area contributed by atoms with E-state index in [0.717, 1.165) is 146 Å². The maximum absolute atomic E-state index is 13.4. The van der Waals surface area contributed by atoms with Gasteiger partial charge in [0.05, 0.1) is 24.5 Å². The number of hydrogen-bond acceptors (Lipinski definition) is 6.